The smallest absolute Gasteiger partial charge is 0.237 e. The monoisotopic (exact) mass is 495 g/mol. The number of likely N-dealkylation sites (N-methyl/N-ethyl adjacent to an activating group) is 1. The Morgan fingerprint density at radius 2 is 1.38 bits per heavy atom. The third-order valence-corrected chi connectivity index (χ3v) is 7.56. The van der Waals surface area contributed by atoms with E-state index in [9.17, 15) is 4.79 Å². The number of carbonyl (C=O) groups is 1. The van der Waals surface area contributed by atoms with Gasteiger partial charge in [0.15, 0.2) is 0 Å². The highest BCUT2D eigenvalue weighted by Crippen LogP contribution is 2.38. The van der Waals surface area contributed by atoms with Crippen LogP contribution in [0.2, 0.25) is 10.0 Å². The molecule has 3 aromatic rings. The molecule has 0 unspecified atom stereocenters. The van der Waals surface area contributed by atoms with Crippen molar-refractivity contribution in [2.24, 2.45) is 0 Å². The molecule has 1 saturated heterocycles. The third kappa shape index (κ3) is 4.95. The van der Waals surface area contributed by atoms with Crippen LogP contribution in [0.4, 0.5) is 5.69 Å². The van der Waals surface area contributed by atoms with Gasteiger partial charge in [-0.2, -0.15) is 0 Å². The molecule has 178 valence electrons. The molecular formula is C28H31Cl2N3O. The van der Waals surface area contributed by atoms with E-state index in [1.54, 1.807) is 4.90 Å². The molecule has 4 nitrogen and oxygen atoms in total. The van der Waals surface area contributed by atoms with Gasteiger partial charge < -0.3 is 9.80 Å². The molecule has 0 N–H and O–H groups in total. The highest BCUT2D eigenvalue weighted by molar-refractivity contribution is 6.43. The first-order valence-electron chi connectivity index (χ1n) is 11.7. The first-order valence-corrected chi connectivity index (χ1v) is 12.4. The van der Waals surface area contributed by atoms with Crippen molar-refractivity contribution in [2.75, 3.05) is 51.7 Å². The Labute approximate surface area is 212 Å². The normalized spacial score (nSPS) is 14.8. The number of carbonyl (C=O) groups excluding carboxylic acids is 1. The molecule has 1 aliphatic heterocycles. The van der Waals surface area contributed by atoms with Crippen molar-refractivity contribution in [3.63, 3.8) is 0 Å². The van der Waals surface area contributed by atoms with E-state index in [0.29, 0.717) is 16.5 Å². The average Bonchev–Trinajstić information content (AvgIpc) is 2.87. The lowest BCUT2D eigenvalue weighted by molar-refractivity contribution is -0.133. The summed E-state index contributed by atoms with van der Waals surface area (Å²) in [6.07, 6.45) is 0.704. The van der Waals surface area contributed by atoms with Crippen LogP contribution in [0.5, 0.6) is 0 Å². The summed E-state index contributed by atoms with van der Waals surface area (Å²) in [7, 11) is 3.69. The van der Waals surface area contributed by atoms with Crippen LogP contribution in [0, 0.1) is 0 Å². The molecule has 34 heavy (non-hydrogen) atoms. The Balaban J connectivity index is 1.56. The zero-order chi connectivity index (χ0) is 24.1. The van der Waals surface area contributed by atoms with E-state index in [2.05, 4.69) is 34.1 Å². The van der Waals surface area contributed by atoms with Gasteiger partial charge in [-0.25, -0.2) is 0 Å². The zero-order valence-electron chi connectivity index (χ0n) is 19.8. The van der Waals surface area contributed by atoms with Crippen LogP contribution in [-0.4, -0.2) is 62.5 Å². The minimum atomic E-state index is -0.737. The van der Waals surface area contributed by atoms with Crippen LogP contribution in [-0.2, 0) is 10.2 Å². The lowest BCUT2D eigenvalue weighted by atomic mass is 9.70. The molecule has 1 heterocycles. The van der Waals surface area contributed by atoms with E-state index in [4.69, 9.17) is 23.2 Å². The first-order chi connectivity index (χ1) is 16.4. The Hall–Kier alpha value is -2.53. The summed E-state index contributed by atoms with van der Waals surface area (Å²) >= 11 is 12.7. The van der Waals surface area contributed by atoms with Crippen LogP contribution in [0.1, 0.15) is 17.5 Å². The third-order valence-electron chi connectivity index (χ3n) is 6.75. The number of piperazine rings is 1. The van der Waals surface area contributed by atoms with Crippen LogP contribution in [0.15, 0.2) is 78.9 Å². The Bertz CT molecular complexity index is 1060. The van der Waals surface area contributed by atoms with Crippen molar-refractivity contribution in [3.8, 4) is 0 Å². The molecule has 0 saturated carbocycles. The van der Waals surface area contributed by atoms with Crippen molar-refractivity contribution in [2.45, 2.75) is 11.8 Å². The van der Waals surface area contributed by atoms with Gasteiger partial charge in [-0.1, -0.05) is 89.9 Å². The lowest BCUT2D eigenvalue weighted by Gasteiger charge is -2.40. The Morgan fingerprint density at radius 1 is 0.824 bits per heavy atom. The predicted molar refractivity (Wildman–Crippen MR) is 142 cm³/mol. The molecule has 0 spiro atoms. The van der Waals surface area contributed by atoms with Gasteiger partial charge in [0.25, 0.3) is 0 Å². The molecule has 0 atom stereocenters. The standard InChI is InChI=1S/C28H31Cl2N3O/c1-31(2)27(34)28(22-10-5-3-6-11-22,23-12-7-4-8-13-23)16-17-32-18-20-33(21-19-32)25-15-9-14-24(29)26(25)30/h3-15H,16-21H2,1-2H3. The van der Waals surface area contributed by atoms with Crippen LogP contribution >= 0.6 is 23.2 Å². The number of halogens is 2. The molecule has 6 heteroatoms. The van der Waals surface area contributed by atoms with Gasteiger partial charge in [0.2, 0.25) is 5.91 Å². The summed E-state index contributed by atoms with van der Waals surface area (Å²) in [5.41, 5.74) is 2.31. The number of hydrogen-bond acceptors (Lipinski definition) is 3. The molecule has 1 amide bonds. The number of benzene rings is 3. The van der Waals surface area contributed by atoms with Gasteiger partial charge in [-0.3, -0.25) is 9.69 Å². The van der Waals surface area contributed by atoms with E-state index in [-0.39, 0.29) is 5.91 Å². The molecule has 0 bridgehead atoms. The van der Waals surface area contributed by atoms with Crippen LogP contribution in [0.25, 0.3) is 0 Å². The fourth-order valence-corrected chi connectivity index (χ4v) is 5.33. The average molecular weight is 496 g/mol. The highest BCUT2D eigenvalue weighted by Gasteiger charge is 2.43. The van der Waals surface area contributed by atoms with E-state index < -0.39 is 5.41 Å². The number of anilines is 1. The minimum absolute atomic E-state index is 0.106. The van der Waals surface area contributed by atoms with Gasteiger partial charge in [0.05, 0.1) is 15.7 Å². The molecule has 0 aliphatic carbocycles. The topological polar surface area (TPSA) is 26.8 Å². The van der Waals surface area contributed by atoms with Crippen molar-refractivity contribution in [3.05, 3.63) is 100 Å². The molecule has 3 aromatic carbocycles. The fourth-order valence-electron chi connectivity index (χ4n) is 4.91. The van der Waals surface area contributed by atoms with E-state index in [1.165, 1.54) is 0 Å². The zero-order valence-corrected chi connectivity index (χ0v) is 21.3. The summed E-state index contributed by atoms with van der Waals surface area (Å²) in [4.78, 5) is 20.3. The molecular weight excluding hydrogens is 465 g/mol. The summed E-state index contributed by atoms with van der Waals surface area (Å²) in [5.74, 6) is 0.106. The molecule has 1 fully saturated rings. The summed E-state index contributed by atoms with van der Waals surface area (Å²) in [5, 5.41) is 1.20. The number of amides is 1. The Kier molecular flexibility index (Phi) is 7.82. The maximum atomic E-state index is 13.8. The number of rotatable bonds is 7. The van der Waals surface area contributed by atoms with Crippen molar-refractivity contribution in [1.82, 2.24) is 9.80 Å². The van der Waals surface area contributed by atoms with Gasteiger partial charge in [0, 0.05) is 40.3 Å². The molecule has 0 radical (unpaired) electrons. The van der Waals surface area contributed by atoms with Crippen LogP contribution < -0.4 is 4.90 Å². The van der Waals surface area contributed by atoms with E-state index >= 15 is 0 Å². The fraction of sp³-hybridized carbons (Fsp3) is 0.321. The number of hydrogen-bond donors (Lipinski definition) is 0. The van der Waals surface area contributed by atoms with Crippen molar-refractivity contribution in [1.29, 1.82) is 0 Å². The summed E-state index contributed by atoms with van der Waals surface area (Å²) in [6, 6.07) is 26.2. The maximum absolute atomic E-state index is 13.8. The molecule has 4 rings (SSSR count). The summed E-state index contributed by atoms with van der Waals surface area (Å²) in [6.45, 7) is 4.36. The van der Waals surface area contributed by atoms with Crippen molar-refractivity contribution < 1.29 is 4.79 Å². The second-order valence-electron chi connectivity index (χ2n) is 8.99. The SMILES string of the molecule is CN(C)C(=O)C(CCN1CCN(c2cccc(Cl)c2Cl)CC1)(c1ccccc1)c1ccccc1. The first kappa shape index (κ1) is 24.6. The van der Waals surface area contributed by atoms with Gasteiger partial charge in [-0.15, -0.1) is 0 Å². The van der Waals surface area contributed by atoms with E-state index in [0.717, 1.165) is 49.5 Å². The van der Waals surface area contributed by atoms with Crippen molar-refractivity contribution >= 4 is 34.8 Å². The Morgan fingerprint density at radius 3 is 1.91 bits per heavy atom. The predicted octanol–water partition coefficient (Wildman–Crippen LogP) is 5.58. The minimum Gasteiger partial charge on any atom is -0.368 e. The number of nitrogens with zero attached hydrogens (tertiary/aromatic N) is 3. The quantitative estimate of drug-likeness (QED) is 0.427. The van der Waals surface area contributed by atoms with Gasteiger partial charge >= 0.3 is 0 Å². The second-order valence-corrected chi connectivity index (χ2v) is 9.77. The summed E-state index contributed by atoms with van der Waals surface area (Å²) < 4.78 is 0. The largest absolute Gasteiger partial charge is 0.368 e. The van der Waals surface area contributed by atoms with Gasteiger partial charge in [0.1, 0.15) is 5.41 Å². The van der Waals surface area contributed by atoms with Gasteiger partial charge in [-0.05, 0) is 36.2 Å². The lowest BCUT2D eigenvalue weighted by Crippen LogP contribution is -2.50. The van der Waals surface area contributed by atoms with Crippen LogP contribution in [0.3, 0.4) is 0 Å². The van der Waals surface area contributed by atoms with E-state index in [1.807, 2.05) is 68.7 Å². The second kappa shape index (κ2) is 10.8. The highest BCUT2D eigenvalue weighted by atomic mass is 35.5. The molecule has 0 aromatic heterocycles. The molecule has 1 aliphatic rings. The maximum Gasteiger partial charge on any atom is 0.237 e.